The predicted octanol–water partition coefficient (Wildman–Crippen LogP) is 2.61. The number of aryl methyl sites for hydroxylation is 1. The number of hydrogen-bond donors (Lipinski definition) is 1. The van der Waals surface area contributed by atoms with E-state index in [0.717, 1.165) is 30.4 Å². The van der Waals surface area contributed by atoms with E-state index in [1.807, 2.05) is 0 Å². The fourth-order valence-electron chi connectivity index (χ4n) is 1.67. The Hall–Kier alpha value is -0.380. The molecule has 0 unspecified atom stereocenters. The molecule has 1 aromatic rings. The van der Waals surface area contributed by atoms with Gasteiger partial charge in [0, 0.05) is 24.2 Å². The van der Waals surface area contributed by atoms with Gasteiger partial charge in [0.25, 0.3) is 0 Å². The predicted molar refractivity (Wildman–Crippen MR) is 71.8 cm³/mol. The summed E-state index contributed by atoms with van der Waals surface area (Å²) in [5.41, 5.74) is 2.74. The third kappa shape index (κ3) is 4.64. The number of benzene rings is 1. The summed E-state index contributed by atoms with van der Waals surface area (Å²) in [6, 6.07) is 6.41. The van der Waals surface area contributed by atoms with Gasteiger partial charge >= 0.3 is 0 Å². The minimum absolute atomic E-state index is 0.278. The molecule has 0 atom stereocenters. The molecule has 3 heteroatoms. The number of rotatable bonds is 6. The molecule has 0 amide bonds. The summed E-state index contributed by atoms with van der Waals surface area (Å²) in [6.45, 7) is 4.43. The van der Waals surface area contributed by atoms with Gasteiger partial charge in [-0.3, -0.25) is 0 Å². The molecule has 0 aliphatic carbocycles. The van der Waals surface area contributed by atoms with Crippen LogP contribution in [-0.4, -0.2) is 36.8 Å². The first-order valence-corrected chi connectivity index (χ1v) is 6.47. The molecule has 0 fully saturated rings. The summed E-state index contributed by atoms with van der Waals surface area (Å²) in [7, 11) is 2.10. The average Bonchev–Trinajstić information content (AvgIpc) is 2.27. The zero-order chi connectivity index (χ0) is 12.0. The van der Waals surface area contributed by atoms with Crippen molar-refractivity contribution >= 4 is 15.9 Å². The van der Waals surface area contributed by atoms with Crippen LogP contribution in [0.15, 0.2) is 22.7 Å². The van der Waals surface area contributed by atoms with Crippen LogP contribution in [0.25, 0.3) is 0 Å². The average molecular weight is 286 g/mol. The molecule has 1 rings (SSSR count). The highest BCUT2D eigenvalue weighted by molar-refractivity contribution is 9.10. The topological polar surface area (TPSA) is 23.5 Å². The summed E-state index contributed by atoms with van der Waals surface area (Å²) < 4.78 is 1.14. The molecular weight excluding hydrogens is 266 g/mol. The third-order valence-electron chi connectivity index (χ3n) is 2.77. The summed E-state index contributed by atoms with van der Waals surface area (Å²) in [5.74, 6) is 0. The minimum atomic E-state index is 0.278. The Labute approximate surface area is 106 Å². The number of nitrogens with zero attached hydrogens (tertiary/aromatic N) is 1. The number of halogens is 1. The Morgan fingerprint density at radius 1 is 1.31 bits per heavy atom. The van der Waals surface area contributed by atoms with E-state index in [1.54, 1.807) is 0 Å². The maximum atomic E-state index is 8.75. The second-order valence-electron chi connectivity index (χ2n) is 4.20. The highest BCUT2D eigenvalue weighted by atomic mass is 79.9. The summed E-state index contributed by atoms with van der Waals surface area (Å²) in [6.07, 6.45) is 1.92. The van der Waals surface area contributed by atoms with E-state index < -0.39 is 0 Å². The van der Waals surface area contributed by atoms with Crippen molar-refractivity contribution in [1.82, 2.24) is 4.90 Å². The zero-order valence-electron chi connectivity index (χ0n) is 10.0. The fourth-order valence-corrected chi connectivity index (χ4v) is 2.08. The van der Waals surface area contributed by atoms with Crippen molar-refractivity contribution in [3.05, 3.63) is 33.8 Å². The molecular formula is C13H20BrNO. The van der Waals surface area contributed by atoms with Crippen LogP contribution >= 0.6 is 15.9 Å². The largest absolute Gasteiger partial charge is 0.396 e. The van der Waals surface area contributed by atoms with Crippen LogP contribution in [0.1, 0.15) is 17.5 Å². The maximum absolute atomic E-state index is 8.75. The van der Waals surface area contributed by atoms with Crippen molar-refractivity contribution in [2.24, 2.45) is 0 Å². The van der Waals surface area contributed by atoms with E-state index in [-0.39, 0.29) is 6.61 Å². The molecule has 2 nitrogen and oxygen atoms in total. The van der Waals surface area contributed by atoms with E-state index in [1.165, 1.54) is 11.1 Å². The van der Waals surface area contributed by atoms with Crippen molar-refractivity contribution in [2.45, 2.75) is 19.8 Å². The first-order chi connectivity index (χ1) is 7.63. The minimum Gasteiger partial charge on any atom is -0.396 e. The molecule has 1 N–H and O–H groups in total. The summed E-state index contributed by atoms with van der Waals surface area (Å²) >= 11 is 3.50. The number of hydrogen-bond acceptors (Lipinski definition) is 2. The van der Waals surface area contributed by atoms with Crippen molar-refractivity contribution in [3.63, 3.8) is 0 Å². The standard InChI is InChI=1S/C13H20BrNO/c1-11-4-5-13(14)10-12(11)6-8-15(2)7-3-9-16/h4-5,10,16H,3,6-9H2,1-2H3. The molecule has 0 heterocycles. The molecule has 0 aromatic heterocycles. The lowest BCUT2D eigenvalue weighted by atomic mass is 10.1. The first-order valence-electron chi connectivity index (χ1n) is 5.68. The maximum Gasteiger partial charge on any atom is 0.0443 e. The molecule has 0 aliphatic heterocycles. The summed E-state index contributed by atoms with van der Waals surface area (Å²) in [4.78, 5) is 2.26. The van der Waals surface area contributed by atoms with Crippen LogP contribution < -0.4 is 0 Å². The molecule has 90 valence electrons. The van der Waals surface area contributed by atoms with E-state index in [4.69, 9.17) is 5.11 Å². The Kier molecular flexibility index (Phi) is 6.03. The lowest BCUT2D eigenvalue weighted by Crippen LogP contribution is -2.23. The monoisotopic (exact) mass is 285 g/mol. The molecule has 0 saturated heterocycles. The van der Waals surface area contributed by atoms with Gasteiger partial charge in [-0.25, -0.2) is 0 Å². The Morgan fingerprint density at radius 3 is 2.75 bits per heavy atom. The van der Waals surface area contributed by atoms with Crippen molar-refractivity contribution in [3.8, 4) is 0 Å². The van der Waals surface area contributed by atoms with Gasteiger partial charge in [0.15, 0.2) is 0 Å². The van der Waals surface area contributed by atoms with Crippen LogP contribution in [0.5, 0.6) is 0 Å². The Bertz CT molecular complexity index is 328. The number of aliphatic hydroxyl groups excluding tert-OH is 1. The Balaban J connectivity index is 2.44. The fraction of sp³-hybridized carbons (Fsp3) is 0.538. The van der Waals surface area contributed by atoms with E-state index in [9.17, 15) is 0 Å². The van der Waals surface area contributed by atoms with Crippen LogP contribution in [0.4, 0.5) is 0 Å². The molecule has 0 saturated carbocycles. The third-order valence-corrected chi connectivity index (χ3v) is 3.27. The molecule has 0 bridgehead atoms. The zero-order valence-corrected chi connectivity index (χ0v) is 11.6. The van der Waals surface area contributed by atoms with Crippen molar-refractivity contribution < 1.29 is 5.11 Å². The SMILES string of the molecule is Cc1ccc(Br)cc1CCN(C)CCCO. The lowest BCUT2D eigenvalue weighted by Gasteiger charge is -2.16. The van der Waals surface area contributed by atoms with Gasteiger partial charge in [-0.15, -0.1) is 0 Å². The second kappa shape index (κ2) is 7.05. The van der Waals surface area contributed by atoms with Gasteiger partial charge in [0.1, 0.15) is 0 Å². The van der Waals surface area contributed by atoms with Crippen LogP contribution in [0.2, 0.25) is 0 Å². The number of likely N-dealkylation sites (N-methyl/N-ethyl adjacent to an activating group) is 1. The van der Waals surface area contributed by atoms with E-state index in [0.29, 0.717) is 0 Å². The van der Waals surface area contributed by atoms with E-state index in [2.05, 4.69) is 53.0 Å². The van der Waals surface area contributed by atoms with Crippen LogP contribution in [-0.2, 0) is 6.42 Å². The molecule has 16 heavy (non-hydrogen) atoms. The second-order valence-corrected chi connectivity index (χ2v) is 5.12. The number of aliphatic hydroxyl groups is 1. The lowest BCUT2D eigenvalue weighted by molar-refractivity contribution is 0.248. The van der Waals surface area contributed by atoms with Crippen LogP contribution in [0, 0.1) is 6.92 Å². The van der Waals surface area contributed by atoms with Gasteiger partial charge < -0.3 is 10.0 Å². The van der Waals surface area contributed by atoms with Gasteiger partial charge in [-0.2, -0.15) is 0 Å². The van der Waals surface area contributed by atoms with Crippen LogP contribution in [0.3, 0.4) is 0 Å². The van der Waals surface area contributed by atoms with Crippen molar-refractivity contribution in [2.75, 3.05) is 26.7 Å². The van der Waals surface area contributed by atoms with Gasteiger partial charge in [-0.05, 0) is 50.1 Å². The first kappa shape index (κ1) is 13.7. The molecule has 0 spiro atoms. The Morgan fingerprint density at radius 2 is 2.06 bits per heavy atom. The molecule has 0 aliphatic rings. The van der Waals surface area contributed by atoms with Gasteiger partial charge in [0.2, 0.25) is 0 Å². The quantitative estimate of drug-likeness (QED) is 0.869. The molecule has 1 aromatic carbocycles. The van der Waals surface area contributed by atoms with E-state index >= 15 is 0 Å². The van der Waals surface area contributed by atoms with Gasteiger partial charge in [0.05, 0.1) is 0 Å². The normalized spacial score (nSPS) is 11.1. The summed E-state index contributed by atoms with van der Waals surface area (Å²) in [5, 5.41) is 8.75. The highest BCUT2D eigenvalue weighted by Gasteiger charge is 2.02. The highest BCUT2D eigenvalue weighted by Crippen LogP contribution is 2.16. The van der Waals surface area contributed by atoms with Gasteiger partial charge in [-0.1, -0.05) is 22.0 Å². The molecule has 0 radical (unpaired) electrons. The smallest absolute Gasteiger partial charge is 0.0443 e. The van der Waals surface area contributed by atoms with Crippen molar-refractivity contribution in [1.29, 1.82) is 0 Å².